The summed E-state index contributed by atoms with van der Waals surface area (Å²) in [7, 11) is 0. The minimum Gasteiger partial charge on any atom is -0.459 e. The second-order valence-electron chi connectivity index (χ2n) is 8.49. The predicted octanol–water partition coefficient (Wildman–Crippen LogP) is 4.39. The van der Waals surface area contributed by atoms with Crippen molar-refractivity contribution in [1.29, 1.82) is 0 Å². The molecular weight excluding hydrogens is 288 g/mol. The lowest BCUT2D eigenvalue weighted by Gasteiger charge is -2.37. The molecule has 0 aromatic rings. The minimum atomic E-state index is -0.941. The van der Waals surface area contributed by atoms with Crippen molar-refractivity contribution in [2.45, 2.75) is 89.3 Å². The Labute approximate surface area is 140 Å². The van der Waals surface area contributed by atoms with Gasteiger partial charge in [-0.1, -0.05) is 25.5 Å². The van der Waals surface area contributed by atoms with Crippen LogP contribution in [0.4, 0.5) is 0 Å². The number of esters is 1. The number of carbonyl (C=O) groups is 1. The third-order valence-electron chi connectivity index (χ3n) is 6.38. The lowest BCUT2D eigenvalue weighted by atomic mass is 9.81. The summed E-state index contributed by atoms with van der Waals surface area (Å²) in [4.78, 5) is 12.4. The molecule has 2 bridgehead atoms. The quantitative estimate of drug-likeness (QED) is 0.583. The van der Waals surface area contributed by atoms with Gasteiger partial charge in [0.2, 0.25) is 0 Å². The van der Waals surface area contributed by atoms with E-state index in [1.165, 1.54) is 19.3 Å². The Kier molecular flexibility index (Phi) is 4.87. The molecule has 0 aromatic heterocycles. The van der Waals surface area contributed by atoms with Crippen LogP contribution in [-0.4, -0.2) is 22.3 Å². The first-order valence-electron chi connectivity index (χ1n) is 9.54. The molecule has 4 atom stereocenters. The molecule has 2 fully saturated rings. The van der Waals surface area contributed by atoms with Crippen molar-refractivity contribution >= 4 is 5.97 Å². The van der Waals surface area contributed by atoms with Crippen LogP contribution in [0.5, 0.6) is 0 Å². The lowest BCUT2D eigenvalue weighted by Crippen LogP contribution is -2.40. The fourth-order valence-corrected chi connectivity index (χ4v) is 5.08. The molecule has 0 aromatic carbocycles. The van der Waals surface area contributed by atoms with Gasteiger partial charge in [-0.2, -0.15) is 0 Å². The van der Waals surface area contributed by atoms with Gasteiger partial charge < -0.3 is 9.84 Å². The topological polar surface area (TPSA) is 46.5 Å². The predicted molar refractivity (Wildman–Crippen MR) is 90.9 cm³/mol. The summed E-state index contributed by atoms with van der Waals surface area (Å²) in [6.45, 7) is 3.92. The molecule has 130 valence electrons. The zero-order valence-electron chi connectivity index (χ0n) is 14.7. The van der Waals surface area contributed by atoms with Gasteiger partial charge in [-0.15, -0.1) is 0 Å². The van der Waals surface area contributed by atoms with Crippen LogP contribution in [0.15, 0.2) is 12.2 Å². The molecule has 3 nitrogen and oxygen atoms in total. The Balaban J connectivity index is 1.52. The van der Waals surface area contributed by atoms with E-state index in [4.69, 9.17) is 4.74 Å². The molecule has 2 saturated carbocycles. The van der Waals surface area contributed by atoms with Crippen LogP contribution >= 0.6 is 0 Å². The highest BCUT2D eigenvalue weighted by molar-refractivity contribution is 5.71. The van der Waals surface area contributed by atoms with E-state index in [1.807, 2.05) is 6.92 Å². The molecular formula is C20H32O3. The van der Waals surface area contributed by atoms with Crippen molar-refractivity contribution in [3.05, 3.63) is 12.2 Å². The van der Waals surface area contributed by atoms with Gasteiger partial charge in [0, 0.05) is 0 Å². The maximum Gasteiger partial charge on any atom is 0.309 e. The molecule has 3 rings (SSSR count). The van der Waals surface area contributed by atoms with Gasteiger partial charge in [0.25, 0.3) is 0 Å². The molecule has 0 aliphatic heterocycles. The molecule has 3 aliphatic rings. The number of allylic oxidation sites excluding steroid dienone is 2. The van der Waals surface area contributed by atoms with E-state index in [0.717, 1.165) is 32.1 Å². The highest BCUT2D eigenvalue weighted by Gasteiger charge is 2.41. The molecule has 0 radical (unpaired) electrons. The van der Waals surface area contributed by atoms with E-state index < -0.39 is 5.60 Å². The Hall–Kier alpha value is -0.830. The Morgan fingerprint density at radius 2 is 2.00 bits per heavy atom. The Bertz CT molecular complexity index is 460. The zero-order chi connectivity index (χ0) is 16.5. The van der Waals surface area contributed by atoms with E-state index in [9.17, 15) is 9.90 Å². The Morgan fingerprint density at radius 3 is 2.57 bits per heavy atom. The summed E-state index contributed by atoms with van der Waals surface area (Å²) in [6, 6.07) is 0. The highest BCUT2D eigenvalue weighted by Crippen LogP contribution is 2.47. The van der Waals surface area contributed by atoms with Crippen LogP contribution < -0.4 is 0 Å². The number of aliphatic hydroxyl groups is 1. The SMILES string of the molecule is CCC1(OC(=O)CC(C)(O)CC2CC3C=CC2C3)CCCCC1. The molecule has 0 saturated heterocycles. The van der Waals surface area contributed by atoms with Gasteiger partial charge in [0.05, 0.1) is 12.0 Å². The average Bonchev–Trinajstić information content (AvgIpc) is 3.09. The maximum absolute atomic E-state index is 12.4. The van der Waals surface area contributed by atoms with Gasteiger partial charge in [-0.3, -0.25) is 4.79 Å². The second kappa shape index (κ2) is 6.58. The summed E-state index contributed by atoms with van der Waals surface area (Å²) in [6.07, 6.45) is 14.3. The minimum absolute atomic E-state index is 0.131. The van der Waals surface area contributed by atoms with Crippen molar-refractivity contribution in [3.63, 3.8) is 0 Å². The second-order valence-corrected chi connectivity index (χ2v) is 8.49. The first kappa shape index (κ1) is 17.0. The van der Waals surface area contributed by atoms with Crippen molar-refractivity contribution < 1.29 is 14.6 Å². The maximum atomic E-state index is 12.4. The van der Waals surface area contributed by atoms with Gasteiger partial charge >= 0.3 is 5.97 Å². The van der Waals surface area contributed by atoms with Crippen LogP contribution in [0.25, 0.3) is 0 Å². The van der Waals surface area contributed by atoms with E-state index >= 15 is 0 Å². The van der Waals surface area contributed by atoms with Crippen molar-refractivity contribution in [2.75, 3.05) is 0 Å². The molecule has 3 heteroatoms. The summed E-state index contributed by atoms with van der Waals surface area (Å²) in [5.41, 5.74) is -1.20. The number of hydrogen-bond acceptors (Lipinski definition) is 3. The van der Waals surface area contributed by atoms with Crippen LogP contribution in [-0.2, 0) is 9.53 Å². The van der Waals surface area contributed by atoms with Gasteiger partial charge in [0.1, 0.15) is 5.60 Å². The number of hydrogen-bond donors (Lipinski definition) is 1. The van der Waals surface area contributed by atoms with Crippen LogP contribution in [0.2, 0.25) is 0 Å². The van der Waals surface area contributed by atoms with E-state index in [0.29, 0.717) is 24.2 Å². The van der Waals surface area contributed by atoms with Crippen molar-refractivity contribution in [2.24, 2.45) is 17.8 Å². The van der Waals surface area contributed by atoms with Crippen LogP contribution in [0, 0.1) is 17.8 Å². The first-order chi connectivity index (χ1) is 10.9. The van der Waals surface area contributed by atoms with E-state index in [1.54, 1.807) is 0 Å². The summed E-state index contributed by atoms with van der Waals surface area (Å²) in [5, 5.41) is 10.7. The summed E-state index contributed by atoms with van der Waals surface area (Å²) in [5.74, 6) is 1.64. The fraction of sp³-hybridized carbons (Fsp3) is 0.850. The molecule has 0 heterocycles. The zero-order valence-corrected chi connectivity index (χ0v) is 14.7. The molecule has 3 aliphatic carbocycles. The largest absolute Gasteiger partial charge is 0.459 e. The number of carbonyl (C=O) groups excluding carboxylic acids is 1. The molecule has 23 heavy (non-hydrogen) atoms. The average molecular weight is 320 g/mol. The molecule has 0 spiro atoms. The third kappa shape index (κ3) is 3.99. The highest BCUT2D eigenvalue weighted by atomic mass is 16.6. The number of rotatable bonds is 6. The number of fused-ring (bicyclic) bond motifs is 2. The van der Waals surface area contributed by atoms with Gasteiger partial charge in [-0.25, -0.2) is 0 Å². The summed E-state index contributed by atoms with van der Waals surface area (Å²) < 4.78 is 5.88. The third-order valence-corrected chi connectivity index (χ3v) is 6.38. The van der Waals surface area contributed by atoms with Crippen molar-refractivity contribution in [1.82, 2.24) is 0 Å². The molecule has 0 amide bonds. The normalized spacial score (nSPS) is 34.3. The standard InChI is InChI=1S/C20H32O3/c1-3-20(9-5-4-6-10-20)23-18(21)14-19(2,22)13-17-12-15-7-8-16(17)11-15/h7-8,15-17,22H,3-6,9-14H2,1-2H3. The lowest BCUT2D eigenvalue weighted by molar-refractivity contribution is -0.169. The first-order valence-corrected chi connectivity index (χ1v) is 9.54. The van der Waals surface area contributed by atoms with E-state index in [2.05, 4.69) is 19.1 Å². The smallest absolute Gasteiger partial charge is 0.309 e. The fourth-order valence-electron chi connectivity index (χ4n) is 5.08. The molecule has 4 unspecified atom stereocenters. The van der Waals surface area contributed by atoms with Gasteiger partial charge in [-0.05, 0) is 76.0 Å². The van der Waals surface area contributed by atoms with E-state index in [-0.39, 0.29) is 18.0 Å². The van der Waals surface area contributed by atoms with Gasteiger partial charge in [0.15, 0.2) is 0 Å². The summed E-state index contributed by atoms with van der Waals surface area (Å²) >= 11 is 0. The monoisotopic (exact) mass is 320 g/mol. The van der Waals surface area contributed by atoms with Crippen molar-refractivity contribution in [3.8, 4) is 0 Å². The number of ether oxygens (including phenoxy) is 1. The Morgan fingerprint density at radius 1 is 1.26 bits per heavy atom. The van der Waals surface area contributed by atoms with Crippen LogP contribution in [0.1, 0.15) is 78.1 Å². The van der Waals surface area contributed by atoms with Crippen LogP contribution in [0.3, 0.4) is 0 Å². The molecule has 1 N–H and O–H groups in total.